The first-order valence-electron chi connectivity index (χ1n) is 8.72. The zero-order valence-electron chi connectivity index (χ0n) is 15.7. The van der Waals surface area contributed by atoms with E-state index < -0.39 is 0 Å². The summed E-state index contributed by atoms with van der Waals surface area (Å²) in [5.74, 6) is 1.60. The van der Waals surface area contributed by atoms with Crippen LogP contribution in [0.2, 0.25) is 5.02 Å². The van der Waals surface area contributed by atoms with Gasteiger partial charge in [0.25, 0.3) is 11.7 Å². The molecule has 0 saturated carbocycles. The molecule has 0 aliphatic heterocycles. The Hall–Kier alpha value is -3.19. The number of hydrogen-bond acceptors (Lipinski definition) is 5. The molecule has 0 fully saturated rings. The second kappa shape index (κ2) is 7.09. The number of amides is 1. The van der Waals surface area contributed by atoms with Crippen molar-refractivity contribution in [2.75, 3.05) is 7.05 Å². The van der Waals surface area contributed by atoms with E-state index in [0.29, 0.717) is 28.9 Å². The summed E-state index contributed by atoms with van der Waals surface area (Å²) in [5.41, 5.74) is 2.62. The molecule has 28 heavy (non-hydrogen) atoms. The molecule has 0 saturated heterocycles. The number of hydrogen-bond donors (Lipinski definition) is 0. The van der Waals surface area contributed by atoms with Gasteiger partial charge >= 0.3 is 0 Å². The molecular weight excluding hydrogens is 378 g/mol. The lowest BCUT2D eigenvalue weighted by atomic mass is 10.2. The van der Waals surface area contributed by atoms with Crippen LogP contribution < -0.4 is 0 Å². The van der Waals surface area contributed by atoms with Crippen molar-refractivity contribution in [2.45, 2.75) is 20.4 Å². The molecule has 142 valence electrons. The van der Waals surface area contributed by atoms with E-state index in [1.54, 1.807) is 11.6 Å². The number of aryl methyl sites for hydroxylation is 2. The molecule has 0 spiro atoms. The summed E-state index contributed by atoms with van der Waals surface area (Å²) in [7, 11) is 1.68. The molecule has 0 aliphatic rings. The van der Waals surface area contributed by atoms with Gasteiger partial charge in [-0.25, -0.2) is 9.50 Å². The minimum absolute atomic E-state index is 0.105. The Labute approximate surface area is 166 Å². The maximum atomic E-state index is 12.7. The number of furan rings is 1. The lowest BCUT2D eigenvalue weighted by molar-refractivity contribution is 0.0764. The molecule has 0 radical (unpaired) electrons. The zero-order valence-corrected chi connectivity index (χ0v) is 16.4. The van der Waals surface area contributed by atoms with Gasteiger partial charge in [-0.3, -0.25) is 4.79 Å². The molecule has 0 N–H and O–H groups in total. The Bertz CT molecular complexity index is 1160. The number of carbonyl (C=O) groups excluding carboxylic acids is 1. The SMILES string of the molecule is Cc1cc(C)n2nc(C(=O)N(C)Cc3ccc(-c4ccc(Cl)cc4)o3)nc2n1. The third kappa shape index (κ3) is 3.48. The van der Waals surface area contributed by atoms with Crippen molar-refractivity contribution in [3.63, 3.8) is 0 Å². The van der Waals surface area contributed by atoms with Gasteiger partial charge in [-0.2, -0.15) is 4.98 Å². The van der Waals surface area contributed by atoms with Crippen molar-refractivity contribution in [3.8, 4) is 11.3 Å². The monoisotopic (exact) mass is 395 g/mol. The second-order valence-corrected chi connectivity index (χ2v) is 7.06. The van der Waals surface area contributed by atoms with Gasteiger partial charge in [-0.1, -0.05) is 11.6 Å². The summed E-state index contributed by atoms with van der Waals surface area (Å²) in [5, 5.41) is 4.95. The molecule has 1 amide bonds. The summed E-state index contributed by atoms with van der Waals surface area (Å²) in [6, 6.07) is 13.0. The van der Waals surface area contributed by atoms with E-state index in [4.69, 9.17) is 16.0 Å². The van der Waals surface area contributed by atoms with Gasteiger partial charge in [-0.05, 0) is 56.3 Å². The number of fused-ring (bicyclic) bond motifs is 1. The Kier molecular flexibility index (Phi) is 4.60. The fraction of sp³-hybridized carbons (Fsp3) is 0.200. The number of nitrogens with zero attached hydrogens (tertiary/aromatic N) is 5. The third-order valence-corrected chi connectivity index (χ3v) is 4.59. The zero-order chi connectivity index (χ0) is 19.8. The summed E-state index contributed by atoms with van der Waals surface area (Å²) < 4.78 is 7.43. The highest BCUT2D eigenvalue weighted by molar-refractivity contribution is 6.30. The Morgan fingerprint density at radius 2 is 1.89 bits per heavy atom. The molecular formula is C20H18ClN5O2. The van der Waals surface area contributed by atoms with Crippen LogP contribution in [0.1, 0.15) is 27.8 Å². The van der Waals surface area contributed by atoms with E-state index in [2.05, 4.69) is 15.1 Å². The molecule has 0 atom stereocenters. The maximum absolute atomic E-state index is 12.7. The average Bonchev–Trinajstić information content (AvgIpc) is 3.29. The van der Waals surface area contributed by atoms with E-state index in [-0.39, 0.29) is 11.7 Å². The van der Waals surface area contributed by atoms with Crippen LogP contribution in [0.25, 0.3) is 17.1 Å². The summed E-state index contributed by atoms with van der Waals surface area (Å²) in [6.07, 6.45) is 0. The molecule has 4 aromatic rings. The molecule has 0 aliphatic carbocycles. The first-order chi connectivity index (χ1) is 13.4. The van der Waals surface area contributed by atoms with E-state index in [0.717, 1.165) is 17.0 Å². The molecule has 1 aromatic carbocycles. The van der Waals surface area contributed by atoms with E-state index >= 15 is 0 Å². The molecule has 0 bridgehead atoms. The first-order valence-corrected chi connectivity index (χ1v) is 9.09. The number of carbonyl (C=O) groups is 1. The highest BCUT2D eigenvalue weighted by Gasteiger charge is 2.20. The smallest absolute Gasteiger partial charge is 0.293 e. The quantitative estimate of drug-likeness (QED) is 0.523. The molecule has 3 heterocycles. The minimum atomic E-state index is -0.299. The largest absolute Gasteiger partial charge is 0.459 e. The number of aromatic nitrogens is 4. The highest BCUT2D eigenvalue weighted by atomic mass is 35.5. The molecule has 7 nitrogen and oxygen atoms in total. The Morgan fingerprint density at radius 3 is 2.64 bits per heavy atom. The third-order valence-electron chi connectivity index (χ3n) is 4.34. The van der Waals surface area contributed by atoms with Gasteiger partial charge in [0.1, 0.15) is 11.5 Å². The highest BCUT2D eigenvalue weighted by Crippen LogP contribution is 2.24. The van der Waals surface area contributed by atoms with Crippen molar-refractivity contribution >= 4 is 23.3 Å². The summed E-state index contributed by atoms with van der Waals surface area (Å²) in [4.78, 5) is 22.8. The van der Waals surface area contributed by atoms with Gasteiger partial charge in [-0.15, -0.1) is 5.10 Å². The van der Waals surface area contributed by atoms with Crippen LogP contribution in [0.15, 0.2) is 46.9 Å². The van der Waals surface area contributed by atoms with E-state index in [1.807, 2.05) is 56.3 Å². The van der Waals surface area contributed by atoms with Crippen LogP contribution in [0.5, 0.6) is 0 Å². The van der Waals surface area contributed by atoms with E-state index in [1.165, 1.54) is 4.90 Å². The predicted molar refractivity (Wildman–Crippen MR) is 105 cm³/mol. The lowest BCUT2D eigenvalue weighted by Gasteiger charge is -2.13. The van der Waals surface area contributed by atoms with Crippen LogP contribution in [0.3, 0.4) is 0 Å². The molecule has 4 rings (SSSR count). The van der Waals surface area contributed by atoms with Gasteiger partial charge in [0.15, 0.2) is 0 Å². The second-order valence-electron chi connectivity index (χ2n) is 6.62. The molecule has 0 unspecified atom stereocenters. The van der Waals surface area contributed by atoms with E-state index in [9.17, 15) is 4.79 Å². The van der Waals surface area contributed by atoms with Crippen LogP contribution in [0, 0.1) is 13.8 Å². The Morgan fingerprint density at radius 1 is 1.14 bits per heavy atom. The van der Waals surface area contributed by atoms with Crippen molar-refractivity contribution in [3.05, 3.63) is 70.5 Å². The summed E-state index contributed by atoms with van der Waals surface area (Å²) >= 11 is 5.92. The summed E-state index contributed by atoms with van der Waals surface area (Å²) in [6.45, 7) is 4.08. The van der Waals surface area contributed by atoms with Crippen LogP contribution in [-0.2, 0) is 6.54 Å². The van der Waals surface area contributed by atoms with Gasteiger partial charge in [0.05, 0.1) is 6.54 Å². The van der Waals surface area contributed by atoms with Crippen LogP contribution in [-0.4, -0.2) is 37.4 Å². The van der Waals surface area contributed by atoms with Gasteiger partial charge in [0, 0.05) is 29.0 Å². The first kappa shape index (κ1) is 18.2. The predicted octanol–water partition coefficient (Wildman–Crippen LogP) is 3.93. The standard InChI is InChI=1S/C20H18ClN5O2/c1-12-10-13(2)26-20(22-12)23-18(24-26)19(27)25(3)11-16-8-9-17(28-16)14-4-6-15(21)7-5-14/h4-10H,11H2,1-3H3. The van der Waals surface area contributed by atoms with Crippen molar-refractivity contribution < 1.29 is 9.21 Å². The Balaban J connectivity index is 1.52. The van der Waals surface area contributed by atoms with Crippen LogP contribution >= 0.6 is 11.6 Å². The fourth-order valence-electron chi connectivity index (χ4n) is 2.97. The molecule has 8 heteroatoms. The number of halogens is 1. The average molecular weight is 396 g/mol. The minimum Gasteiger partial charge on any atom is -0.459 e. The topological polar surface area (TPSA) is 76.5 Å². The maximum Gasteiger partial charge on any atom is 0.293 e. The van der Waals surface area contributed by atoms with Crippen molar-refractivity contribution in [1.82, 2.24) is 24.5 Å². The lowest BCUT2D eigenvalue weighted by Crippen LogP contribution is -2.27. The fourth-order valence-corrected chi connectivity index (χ4v) is 3.09. The number of rotatable bonds is 4. The number of benzene rings is 1. The van der Waals surface area contributed by atoms with Crippen molar-refractivity contribution in [2.24, 2.45) is 0 Å². The normalized spacial score (nSPS) is 11.1. The van der Waals surface area contributed by atoms with Gasteiger partial charge in [0.2, 0.25) is 5.82 Å². The van der Waals surface area contributed by atoms with Crippen LogP contribution in [0.4, 0.5) is 0 Å². The van der Waals surface area contributed by atoms with Gasteiger partial charge < -0.3 is 9.32 Å². The molecule has 3 aromatic heterocycles. The van der Waals surface area contributed by atoms with Crippen molar-refractivity contribution in [1.29, 1.82) is 0 Å².